The van der Waals surface area contributed by atoms with Crippen molar-refractivity contribution in [2.45, 2.75) is 52.7 Å². The first-order chi connectivity index (χ1) is 7.86. The molecule has 3 unspecified atom stereocenters. The Hall–Kier alpha value is -0.610. The summed E-state index contributed by atoms with van der Waals surface area (Å²) in [7, 11) is 0. The van der Waals surface area contributed by atoms with E-state index in [-0.39, 0.29) is 36.0 Å². The topological polar surface area (TPSA) is 58.6 Å². The van der Waals surface area contributed by atoms with Gasteiger partial charge in [-0.1, -0.05) is 27.7 Å². The molecule has 1 aliphatic rings. The van der Waals surface area contributed by atoms with Gasteiger partial charge in [-0.25, -0.2) is 0 Å². The molecule has 0 aromatic rings. The normalized spacial score (nSPS) is 26.9. The lowest BCUT2D eigenvalue weighted by Gasteiger charge is -2.32. The standard InChI is InChI=1S/C13H25NO3/c1-9-6-8-17-11(9)12(16)14-10(5-7-15)13(2,3)4/h9-11,15H,5-8H2,1-4H3,(H,14,16). The maximum Gasteiger partial charge on any atom is 0.249 e. The fraction of sp³-hybridized carbons (Fsp3) is 0.923. The van der Waals surface area contributed by atoms with Gasteiger partial charge in [0.25, 0.3) is 0 Å². The van der Waals surface area contributed by atoms with Gasteiger partial charge in [0.05, 0.1) is 0 Å². The van der Waals surface area contributed by atoms with Crippen LogP contribution in [0.15, 0.2) is 0 Å². The minimum atomic E-state index is -0.321. The number of rotatable bonds is 4. The highest BCUT2D eigenvalue weighted by Crippen LogP contribution is 2.24. The lowest BCUT2D eigenvalue weighted by molar-refractivity contribution is -0.133. The third-order valence-corrected chi connectivity index (χ3v) is 3.43. The second-order valence-corrected chi connectivity index (χ2v) is 6.00. The van der Waals surface area contributed by atoms with E-state index in [4.69, 9.17) is 9.84 Å². The molecule has 0 aliphatic carbocycles. The van der Waals surface area contributed by atoms with Crippen LogP contribution in [0, 0.1) is 11.3 Å². The molecular formula is C13H25NO3. The second-order valence-electron chi connectivity index (χ2n) is 6.00. The predicted octanol–water partition coefficient (Wildman–Crippen LogP) is 1.32. The Bertz CT molecular complexity index is 260. The largest absolute Gasteiger partial charge is 0.396 e. The Labute approximate surface area is 104 Å². The minimum absolute atomic E-state index is 0.0172. The zero-order valence-corrected chi connectivity index (χ0v) is 11.3. The van der Waals surface area contributed by atoms with Crippen LogP contribution in [0.5, 0.6) is 0 Å². The van der Waals surface area contributed by atoms with E-state index in [0.717, 1.165) is 6.42 Å². The smallest absolute Gasteiger partial charge is 0.249 e. The molecule has 1 heterocycles. The van der Waals surface area contributed by atoms with Crippen LogP contribution in [0.2, 0.25) is 0 Å². The Morgan fingerprint density at radius 2 is 2.18 bits per heavy atom. The number of carbonyl (C=O) groups excluding carboxylic acids is 1. The molecule has 1 aliphatic heterocycles. The fourth-order valence-corrected chi connectivity index (χ4v) is 2.14. The third-order valence-electron chi connectivity index (χ3n) is 3.43. The van der Waals surface area contributed by atoms with E-state index in [1.165, 1.54) is 0 Å². The molecule has 0 radical (unpaired) electrons. The number of hydrogen-bond acceptors (Lipinski definition) is 3. The van der Waals surface area contributed by atoms with Crippen molar-refractivity contribution < 1.29 is 14.6 Å². The van der Waals surface area contributed by atoms with Crippen LogP contribution in [0.3, 0.4) is 0 Å². The van der Waals surface area contributed by atoms with E-state index in [1.54, 1.807) is 0 Å². The summed E-state index contributed by atoms with van der Waals surface area (Å²) in [6.45, 7) is 8.98. The molecule has 0 aromatic heterocycles. The summed E-state index contributed by atoms with van der Waals surface area (Å²) in [6, 6.07) is -0.0172. The molecule has 3 atom stereocenters. The minimum Gasteiger partial charge on any atom is -0.396 e. The van der Waals surface area contributed by atoms with Crippen LogP contribution in [-0.2, 0) is 9.53 Å². The number of amides is 1. The lowest BCUT2D eigenvalue weighted by atomic mass is 9.84. The highest BCUT2D eigenvalue weighted by Gasteiger charge is 2.34. The Morgan fingerprint density at radius 1 is 1.53 bits per heavy atom. The van der Waals surface area contributed by atoms with Crippen molar-refractivity contribution in [2.24, 2.45) is 11.3 Å². The van der Waals surface area contributed by atoms with Crippen LogP contribution in [0.25, 0.3) is 0 Å². The molecule has 17 heavy (non-hydrogen) atoms. The van der Waals surface area contributed by atoms with E-state index in [2.05, 4.69) is 26.1 Å². The summed E-state index contributed by atoms with van der Waals surface area (Å²) in [6.07, 6.45) is 1.20. The first kappa shape index (κ1) is 14.5. The highest BCUT2D eigenvalue weighted by molar-refractivity contribution is 5.81. The number of aliphatic hydroxyl groups excluding tert-OH is 1. The number of aliphatic hydroxyl groups is 1. The summed E-state index contributed by atoms with van der Waals surface area (Å²) < 4.78 is 5.44. The van der Waals surface area contributed by atoms with Crippen molar-refractivity contribution in [3.8, 4) is 0 Å². The van der Waals surface area contributed by atoms with Crippen molar-refractivity contribution in [3.63, 3.8) is 0 Å². The van der Waals surface area contributed by atoms with E-state index in [1.807, 2.05) is 6.92 Å². The maximum absolute atomic E-state index is 12.1. The molecular weight excluding hydrogens is 218 g/mol. The molecule has 100 valence electrons. The number of nitrogens with one attached hydrogen (secondary N) is 1. The molecule has 4 heteroatoms. The Balaban J connectivity index is 2.57. The number of ether oxygens (including phenoxy) is 1. The fourth-order valence-electron chi connectivity index (χ4n) is 2.14. The van der Waals surface area contributed by atoms with Gasteiger partial charge < -0.3 is 15.2 Å². The van der Waals surface area contributed by atoms with Crippen molar-refractivity contribution in [3.05, 3.63) is 0 Å². The van der Waals surface area contributed by atoms with Gasteiger partial charge >= 0.3 is 0 Å². The summed E-state index contributed by atoms with van der Waals surface area (Å²) in [5, 5.41) is 12.1. The molecule has 4 nitrogen and oxygen atoms in total. The highest BCUT2D eigenvalue weighted by atomic mass is 16.5. The van der Waals surface area contributed by atoms with Crippen molar-refractivity contribution in [1.82, 2.24) is 5.32 Å². The van der Waals surface area contributed by atoms with Gasteiger partial charge in [-0.05, 0) is 24.2 Å². The second kappa shape index (κ2) is 5.83. The first-order valence-electron chi connectivity index (χ1n) is 6.39. The Morgan fingerprint density at radius 3 is 2.59 bits per heavy atom. The molecule has 0 saturated carbocycles. The third kappa shape index (κ3) is 3.96. The predicted molar refractivity (Wildman–Crippen MR) is 66.6 cm³/mol. The first-order valence-corrected chi connectivity index (χ1v) is 6.39. The SMILES string of the molecule is CC1CCOC1C(=O)NC(CCO)C(C)(C)C. The van der Waals surface area contributed by atoms with Crippen molar-refractivity contribution in [1.29, 1.82) is 0 Å². The number of hydrogen-bond donors (Lipinski definition) is 2. The molecule has 0 aromatic carbocycles. The van der Waals surface area contributed by atoms with Crippen LogP contribution < -0.4 is 5.32 Å². The molecule has 1 amide bonds. The van der Waals surface area contributed by atoms with E-state index >= 15 is 0 Å². The average Bonchev–Trinajstić information content (AvgIpc) is 2.62. The van der Waals surface area contributed by atoms with Crippen LogP contribution >= 0.6 is 0 Å². The van der Waals surface area contributed by atoms with Crippen molar-refractivity contribution in [2.75, 3.05) is 13.2 Å². The van der Waals surface area contributed by atoms with Gasteiger partial charge in [0.2, 0.25) is 5.91 Å². The van der Waals surface area contributed by atoms with Gasteiger partial charge in [-0.15, -0.1) is 0 Å². The zero-order valence-electron chi connectivity index (χ0n) is 11.3. The molecule has 0 spiro atoms. The molecule has 2 N–H and O–H groups in total. The van der Waals surface area contributed by atoms with Crippen LogP contribution in [-0.4, -0.2) is 36.4 Å². The average molecular weight is 243 g/mol. The van der Waals surface area contributed by atoms with Gasteiger partial charge in [-0.3, -0.25) is 4.79 Å². The van der Waals surface area contributed by atoms with E-state index in [0.29, 0.717) is 13.0 Å². The lowest BCUT2D eigenvalue weighted by Crippen LogP contribution is -2.49. The quantitative estimate of drug-likeness (QED) is 0.783. The van der Waals surface area contributed by atoms with E-state index in [9.17, 15) is 4.79 Å². The van der Waals surface area contributed by atoms with Gasteiger partial charge in [0, 0.05) is 19.3 Å². The summed E-state index contributed by atoms with van der Waals surface area (Å²) >= 11 is 0. The summed E-state index contributed by atoms with van der Waals surface area (Å²) in [5.74, 6) is 0.244. The summed E-state index contributed by atoms with van der Waals surface area (Å²) in [4.78, 5) is 12.1. The van der Waals surface area contributed by atoms with E-state index < -0.39 is 0 Å². The zero-order chi connectivity index (χ0) is 13.1. The number of carbonyl (C=O) groups is 1. The van der Waals surface area contributed by atoms with Gasteiger partial charge in [-0.2, -0.15) is 0 Å². The maximum atomic E-state index is 12.1. The molecule has 1 rings (SSSR count). The van der Waals surface area contributed by atoms with Gasteiger partial charge in [0.15, 0.2) is 0 Å². The molecule has 1 fully saturated rings. The van der Waals surface area contributed by atoms with Crippen LogP contribution in [0.1, 0.15) is 40.5 Å². The molecule has 0 bridgehead atoms. The van der Waals surface area contributed by atoms with Crippen molar-refractivity contribution >= 4 is 5.91 Å². The summed E-state index contributed by atoms with van der Waals surface area (Å²) in [5.41, 5.74) is -0.0553. The van der Waals surface area contributed by atoms with Crippen LogP contribution in [0.4, 0.5) is 0 Å². The monoisotopic (exact) mass is 243 g/mol. The van der Waals surface area contributed by atoms with Gasteiger partial charge in [0.1, 0.15) is 6.10 Å². The Kier molecular flexibility index (Phi) is 4.95. The molecule has 1 saturated heterocycles.